The first-order chi connectivity index (χ1) is 15.0. The Labute approximate surface area is 184 Å². The van der Waals surface area contributed by atoms with Crippen LogP contribution in [0.1, 0.15) is 25.8 Å². The van der Waals surface area contributed by atoms with Gasteiger partial charge in [-0.25, -0.2) is 8.42 Å². The molecule has 0 radical (unpaired) electrons. The maximum atomic E-state index is 12.5. The van der Waals surface area contributed by atoms with Crippen molar-refractivity contribution >= 4 is 32.9 Å². The molecule has 0 spiro atoms. The fraction of sp³-hybridized carbons (Fsp3) is 0.292. The van der Waals surface area contributed by atoms with Crippen LogP contribution in [0.2, 0.25) is 0 Å². The predicted octanol–water partition coefficient (Wildman–Crippen LogP) is 3.89. The van der Waals surface area contributed by atoms with Gasteiger partial charge in [0.25, 0.3) is 0 Å². The molecule has 6 nitrogen and oxygen atoms in total. The summed E-state index contributed by atoms with van der Waals surface area (Å²) in [5.74, 6) is -0.169. The van der Waals surface area contributed by atoms with Crippen molar-refractivity contribution < 1.29 is 13.2 Å². The van der Waals surface area contributed by atoms with E-state index in [2.05, 4.69) is 34.3 Å². The topological polar surface area (TPSA) is 71.4 Å². The Hall–Kier alpha value is -2.90. The number of nitrogens with zero attached hydrogens (tertiary/aromatic N) is 2. The summed E-state index contributed by atoms with van der Waals surface area (Å²) >= 11 is 0. The molecule has 0 bridgehead atoms. The molecule has 1 heterocycles. The molecule has 0 aliphatic carbocycles. The highest BCUT2D eigenvalue weighted by Gasteiger charge is 2.20. The number of para-hydroxylation sites is 1. The Morgan fingerprint density at radius 3 is 2.45 bits per heavy atom. The predicted molar refractivity (Wildman–Crippen MR) is 125 cm³/mol. The molecule has 2 aromatic carbocycles. The number of rotatable bonds is 10. The maximum Gasteiger partial charge on any atom is 0.244 e. The molecule has 3 aromatic rings. The SMILES string of the molecule is CCN(CC)S(=O)(=O)c1ccc(/C=C/C(=O)NCCCn2ccc3ccccc32)cc1. The molecule has 0 saturated heterocycles. The first-order valence-electron chi connectivity index (χ1n) is 10.6. The monoisotopic (exact) mass is 439 g/mol. The minimum Gasteiger partial charge on any atom is -0.352 e. The first kappa shape index (κ1) is 22.8. The minimum atomic E-state index is -3.47. The van der Waals surface area contributed by atoms with Crippen molar-refractivity contribution in [2.45, 2.75) is 31.7 Å². The summed E-state index contributed by atoms with van der Waals surface area (Å²) < 4.78 is 28.6. The number of sulfonamides is 1. The summed E-state index contributed by atoms with van der Waals surface area (Å²) in [6.45, 7) is 5.91. The summed E-state index contributed by atoms with van der Waals surface area (Å²) in [7, 11) is -3.47. The van der Waals surface area contributed by atoms with Gasteiger partial charge in [-0.15, -0.1) is 0 Å². The Morgan fingerprint density at radius 2 is 1.74 bits per heavy atom. The van der Waals surface area contributed by atoms with Crippen LogP contribution in [0.15, 0.2) is 71.8 Å². The van der Waals surface area contributed by atoms with Crippen LogP contribution in [0, 0.1) is 0 Å². The van der Waals surface area contributed by atoms with E-state index in [1.165, 1.54) is 21.3 Å². The van der Waals surface area contributed by atoms with Gasteiger partial charge in [-0.05, 0) is 47.7 Å². The van der Waals surface area contributed by atoms with Crippen LogP contribution in [0.4, 0.5) is 0 Å². The summed E-state index contributed by atoms with van der Waals surface area (Å²) in [5.41, 5.74) is 1.97. The molecule has 1 N–H and O–H groups in total. The van der Waals surface area contributed by atoms with Crippen LogP contribution in [-0.2, 0) is 21.4 Å². The van der Waals surface area contributed by atoms with Crippen LogP contribution >= 0.6 is 0 Å². The van der Waals surface area contributed by atoms with Crippen molar-refractivity contribution in [2.75, 3.05) is 19.6 Å². The van der Waals surface area contributed by atoms with Crippen molar-refractivity contribution in [1.82, 2.24) is 14.2 Å². The molecule has 0 aliphatic rings. The second kappa shape index (κ2) is 10.4. The van der Waals surface area contributed by atoms with Gasteiger partial charge < -0.3 is 9.88 Å². The van der Waals surface area contributed by atoms with Crippen molar-refractivity contribution in [3.63, 3.8) is 0 Å². The van der Waals surface area contributed by atoms with Crippen LogP contribution in [0.5, 0.6) is 0 Å². The average molecular weight is 440 g/mol. The van der Waals surface area contributed by atoms with E-state index in [0.717, 1.165) is 18.5 Å². The molecule has 0 aliphatic heterocycles. The number of nitrogens with one attached hydrogen (secondary N) is 1. The van der Waals surface area contributed by atoms with E-state index < -0.39 is 10.0 Å². The first-order valence-corrected chi connectivity index (χ1v) is 12.0. The van der Waals surface area contributed by atoms with Gasteiger partial charge >= 0.3 is 0 Å². The normalized spacial score (nSPS) is 12.1. The Morgan fingerprint density at radius 1 is 1.03 bits per heavy atom. The van der Waals surface area contributed by atoms with Gasteiger partial charge in [0.2, 0.25) is 15.9 Å². The molecule has 1 aromatic heterocycles. The molecule has 164 valence electrons. The van der Waals surface area contributed by atoms with E-state index in [1.807, 2.05) is 26.0 Å². The fourth-order valence-electron chi connectivity index (χ4n) is 3.49. The van der Waals surface area contributed by atoms with Crippen molar-refractivity contribution in [2.24, 2.45) is 0 Å². The highest BCUT2D eigenvalue weighted by molar-refractivity contribution is 7.89. The summed E-state index contributed by atoms with van der Waals surface area (Å²) in [6.07, 6.45) is 6.05. The Kier molecular flexibility index (Phi) is 7.65. The Balaban J connectivity index is 1.48. The second-order valence-electron chi connectivity index (χ2n) is 7.20. The number of benzene rings is 2. The van der Waals surface area contributed by atoms with E-state index in [1.54, 1.807) is 30.3 Å². The minimum absolute atomic E-state index is 0.169. The van der Waals surface area contributed by atoms with Crippen LogP contribution < -0.4 is 5.32 Å². The van der Waals surface area contributed by atoms with E-state index in [4.69, 9.17) is 0 Å². The quantitative estimate of drug-likeness (QED) is 0.385. The van der Waals surface area contributed by atoms with E-state index in [9.17, 15) is 13.2 Å². The fourth-order valence-corrected chi connectivity index (χ4v) is 4.95. The van der Waals surface area contributed by atoms with Crippen molar-refractivity contribution in [3.05, 3.63) is 72.4 Å². The van der Waals surface area contributed by atoms with E-state index >= 15 is 0 Å². The molecule has 3 rings (SSSR count). The zero-order valence-corrected chi connectivity index (χ0v) is 18.8. The average Bonchev–Trinajstić information content (AvgIpc) is 3.19. The third-order valence-corrected chi connectivity index (χ3v) is 7.27. The van der Waals surface area contributed by atoms with Crippen LogP contribution in [0.25, 0.3) is 17.0 Å². The van der Waals surface area contributed by atoms with E-state index in [0.29, 0.717) is 19.6 Å². The van der Waals surface area contributed by atoms with Gasteiger partial charge in [0.1, 0.15) is 0 Å². The lowest BCUT2D eigenvalue weighted by Crippen LogP contribution is -2.30. The Bertz CT molecular complexity index is 1140. The number of amides is 1. The number of hydrogen-bond acceptors (Lipinski definition) is 3. The molecule has 0 unspecified atom stereocenters. The molecule has 7 heteroatoms. The third kappa shape index (κ3) is 5.62. The zero-order valence-electron chi connectivity index (χ0n) is 18.0. The summed E-state index contributed by atoms with van der Waals surface area (Å²) in [4.78, 5) is 12.3. The lowest BCUT2D eigenvalue weighted by Gasteiger charge is -2.18. The van der Waals surface area contributed by atoms with E-state index in [-0.39, 0.29) is 10.8 Å². The highest BCUT2D eigenvalue weighted by Crippen LogP contribution is 2.17. The molecular weight excluding hydrogens is 410 g/mol. The van der Waals surface area contributed by atoms with Gasteiger partial charge in [0.15, 0.2) is 0 Å². The van der Waals surface area contributed by atoms with Crippen molar-refractivity contribution in [3.8, 4) is 0 Å². The van der Waals surface area contributed by atoms with Gasteiger partial charge in [-0.3, -0.25) is 4.79 Å². The molecular formula is C24H29N3O3S. The third-order valence-electron chi connectivity index (χ3n) is 5.21. The summed E-state index contributed by atoms with van der Waals surface area (Å²) in [6, 6.07) is 16.9. The molecule has 1 amide bonds. The molecule has 31 heavy (non-hydrogen) atoms. The van der Waals surface area contributed by atoms with Gasteiger partial charge in [0.05, 0.1) is 4.90 Å². The number of carbonyl (C=O) groups excluding carboxylic acids is 1. The smallest absolute Gasteiger partial charge is 0.244 e. The lowest BCUT2D eigenvalue weighted by molar-refractivity contribution is -0.116. The van der Waals surface area contributed by atoms with Crippen LogP contribution in [0.3, 0.4) is 0 Å². The second-order valence-corrected chi connectivity index (χ2v) is 9.14. The number of carbonyl (C=O) groups is 1. The largest absolute Gasteiger partial charge is 0.352 e. The van der Waals surface area contributed by atoms with Crippen LogP contribution in [-0.4, -0.2) is 42.8 Å². The molecule has 0 fully saturated rings. The highest BCUT2D eigenvalue weighted by atomic mass is 32.2. The number of hydrogen-bond donors (Lipinski definition) is 1. The van der Waals surface area contributed by atoms with Gasteiger partial charge in [0, 0.05) is 44.0 Å². The van der Waals surface area contributed by atoms with Crippen molar-refractivity contribution in [1.29, 1.82) is 0 Å². The summed E-state index contributed by atoms with van der Waals surface area (Å²) in [5, 5.41) is 4.10. The lowest BCUT2D eigenvalue weighted by atomic mass is 10.2. The van der Waals surface area contributed by atoms with Gasteiger partial charge in [-0.2, -0.15) is 4.31 Å². The number of aryl methyl sites for hydroxylation is 1. The zero-order chi connectivity index (χ0) is 22.3. The maximum absolute atomic E-state index is 12.5. The number of fused-ring (bicyclic) bond motifs is 1. The standard InChI is InChI=1S/C24H29N3O3S/c1-3-27(4-2)31(29,30)22-13-10-20(11-14-22)12-15-24(28)25-17-7-18-26-19-16-21-8-5-6-9-23(21)26/h5-6,8-16,19H,3-4,7,17-18H2,1-2H3,(H,25,28)/b15-12+. The molecule has 0 saturated carbocycles. The number of aromatic nitrogens is 1. The molecule has 0 atom stereocenters. The van der Waals surface area contributed by atoms with Gasteiger partial charge in [-0.1, -0.05) is 44.2 Å².